The molecule has 2 aromatic rings. The summed E-state index contributed by atoms with van der Waals surface area (Å²) in [4.78, 5) is 29.0. The van der Waals surface area contributed by atoms with Crippen LogP contribution >= 0.6 is 11.6 Å². The van der Waals surface area contributed by atoms with Gasteiger partial charge in [-0.05, 0) is 29.3 Å². The maximum absolute atomic E-state index is 12.7. The maximum Gasteiger partial charge on any atom is 0.261 e. The Bertz CT molecular complexity index is 911. The van der Waals surface area contributed by atoms with E-state index in [1.54, 1.807) is 24.3 Å². The molecule has 5 rings (SSSR count). The van der Waals surface area contributed by atoms with Crippen molar-refractivity contribution in [2.45, 2.75) is 13.1 Å². The zero-order chi connectivity index (χ0) is 18.6. The van der Waals surface area contributed by atoms with Gasteiger partial charge in [0.05, 0.1) is 30.9 Å². The van der Waals surface area contributed by atoms with E-state index in [-0.39, 0.29) is 18.4 Å². The van der Waals surface area contributed by atoms with Crippen molar-refractivity contribution in [3.05, 3.63) is 69.7 Å². The van der Waals surface area contributed by atoms with Gasteiger partial charge in [0.1, 0.15) is 0 Å². The Morgan fingerprint density at radius 3 is 2.19 bits per heavy atom. The molecule has 3 aliphatic rings. The van der Waals surface area contributed by atoms with Crippen LogP contribution in [0.1, 0.15) is 31.8 Å². The molecule has 138 valence electrons. The molecule has 27 heavy (non-hydrogen) atoms. The largest absolute Gasteiger partial charge is 0.380 e. The van der Waals surface area contributed by atoms with Crippen LogP contribution < -0.4 is 0 Å². The standard InChI is InChI=1S/C21H19ClN2O3/c22-18-7-3-4-14(8-23-10-21(11-23)12-27-13-21)17(18)9-24-19(25)15-5-1-2-6-16(15)20(24)26/h1-7H,8-13H2. The maximum atomic E-state index is 12.7. The molecule has 0 N–H and O–H groups in total. The molecular weight excluding hydrogens is 364 g/mol. The Kier molecular flexibility index (Phi) is 3.86. The average molecular weight is 383 g/mol. The summed E-state index contributed by atoms with van der Waals surface area (Å²) in [6, 6.07) is 12.7. The second-order valence-electron chi connectivity index (χ2n) is 7.76. The van der Waals surface area contributed by atoms with Gasteiger partial charge in [0.2, 0.25) is 0 Å². The van der Waals surface area contributed by atoms with E-state index in [0.29, 0.717) is 21.6 Å². The molecule has 1 spiro atoms. The molecular formula is C21H19ClN2O3. The first-order chi connectivity index (χ1) is 13.1. The van der Waals surface area contributed by atoms with Crippen molar-refractivity contribution in [3.8, 4) is 0 Å². The molecule has 0 aromatic heterocycles. The smallest absolute Gasteiger partial charge is 0.261 e. The zero-order valence-corrected chi connectivity index (χ0v) is 15.5. The second kappa shape index (κ2) is 6.16. The lowest BCUT2D eigenvalue weighted by Crippen LogP contribution is -2.65. The van der Waals surface area contributed by atoms with Crippen LogP contribution in [0.2, 0.25) is 5.02 Å². The third kappa shape index (κ3) is 2.69. The van der Waals surface area contributed by atoms with Crippen molar-refractivity contribution in [3.63, 3.8) is 0 Å². The van der Waals surface area contributed by atoms with Crippen LogP contribution in [0.25, 0.3) is 0 Å². The summed E-state index contributed by atoms with van der Waals surface area (Å²) in [7, 11) is 0. The van der Waals surface area contributed by atoms with Crippen molar-refractivity contribution in [1.82, 2.24) is 9.80 Å². The van der Waals surface area contributed by atoms with Crippen LogP contribution in [0.15, 0.2) is 42.5 Å². The number of rotatable bonds is 4. The SMILES string of the molecule is O=C1c2ccccc2C(=O)N1Cc1c(Cl)cccc1CN1CC2(COC2)C1. The number of ether oxygens (including phenoxy) is 1. The van der Waals surface area contributed by atoms with Crippen LogP contribution in [0, 0.1) is 5.41 Å². The topological polar surface area (TPSA) is 49.9 Å². The van der Waals surface area contributed by atoms with Gasteiger partial charge in [0.25, 0.3) is 11.8 Å². The van der Waals surface area contributed by atoms with Crippen molar-refractivity contribution in [2.24, 2.45) is 5.41 Å². The fourth-order valence-electron chi connectivity index (χ4n) is 4.30. The molecule has 0 aliphatic carbocycles. The van der Waals surface area contributed by atoms with Gasteiger partial charge < -0.3 is 4.74 Å². The highest BCUT2D eigenvalue weighted by molar-refractivity contribution is 6.31. The van der Waals surface area contributed by atoms with Crippen LogP contribution in [0.4, 0.5) is 0 Å². The van der Waals surface area contributed by atoms with E-state index in [9.17, 15) is 9.59 Å². The van der Waals surface area contributed by atoms with Crippen molar-refractivity contribution >= 4 is 23.4 Å². The fraction of sp³-hybridized carbons (Fsp3) is 0.333. The van der Waals surface area contributed by atoms with E-state index in [4.69, 9.17) is 16.3 Å². The Balaban J connectivity index is 1.38. The van der Waals surface area contributed by atoms with E-state index < -0.39 is 0 Å². The van der Waals surface area contributed by atoms with Gasteiger partial charge in [-0.25, -0.2) is 0 Å². The highest BCUT2D eigenvalue weighted by Crippen LogP contribution is 2.39. The minimum Gasteiger partial charge on any atom is -0.380 e. The Morgan fingerprint density at radius 1 is 0.926 bits per heavy atom. The number of amides is 2. The van der Waals surface area contributed by atoms with Crippen molar-refractivity contribution in [1.29, 1.82) is 0 Å². The first-order valence-electron chi connectivity index (χ1n) is 9.08. The van der Waals surface area contributed by atoms with Crippen molar-refractivity contribution < 1.29 is 14.3 Å². The molecule has 2 aromatic carbocycles. The number of hydrogen-bond donors (Lipinski definition) is 0. The average Bonchev–Trinajstić information content (AvgIpc) is 2.84. The molecule has 3 aliphatic heterocycles. The molecule has 3 heterocycles. The van der Waals surface area contributed by atoms with E-state index in [2.05, 4.69) is 4.90 Å². The minimum atomic E-state index is -0.254. The van der Waals surface area contributed by atoms with Crippen LogP contribution in [0.5, 0.6) is 0 Å². The van der Waals surface area contributed by atoms with Crippen LogP contribution in [-0.2, 0) is 17.8 Å². The summed E-state index contributed by atoms with van der Waals surface area (Å²) < 4.78 is 5.33. The predicted octanol–water partition coefficient (Wildman–Crippen LogP) is 2.97. The Hall–Kier alpha value is -2.21. The number of benzene rings is 2. The lowest BCUT2D eigenvalue weighted by Gasteiger charge is -2.55. The van der Waals surface area contributed by atoms with E-state index in [1.165, 1.54) is 4.90 Å². The third-order valence-corrected chi connectivity index (χ3v) is 6.09. The normalized spacial score (nSPS) is 20.6. The summed E-state index contributed by atoms with van der Waals surface area (Å²) in [5.74, 6) is -0.507. The number of nitrogens with zero attached hydrogens (tertiary/aromatic N) is 2. The Labute approximate surface area is 162 Å². The molecule has 0 atom stereocenters. The predicted molar refractivity (Wildman–Crippen MR) is 101 cm³/mol. The molecule has 0 radical (unpaired) electrons. The lowest BCUT2D eigenvalue weighted by atomic mass is 9.78. The minimum absolute atomic E-state index is 0.198. The number of likely N-dealkylation sites (tertiary alicyclic amines) is 1. The molecule has 0 bridgehead atoms. The second-order valence-corrected chi connectivity index (χ2v) is 8.16. The molecule has 5 nitrogen and oxygen atoms in total. The van der Waals surface area contributed by atoms with Crippen LogP contribution in [0.3, 0.4) is 0 Å². The van der Waals surface area contributed by atoms with Crippen LogP contribution in [-0.4, -0.2) is 47.9 Å². The number of carbonyl (C=O) groups is 2. The molecule has 2 saturated heterocycles. The van der Waals surface area contributed by atoms with E-state index in [0.717, 1.165) is 44.0 Å². The fourth-order valence-corrected chi connectivity index (χ4v) is 4.55. The molecule has 0 unspecified atom stereocenters. The molecule has 2 amide bonds. The molecule has 0 saturated carbocycles. The van der Waals surface area contributed by atoms with Gasteiger partial charge in [-0.2, -0.15) is 0 Å². The first-order valence-corrected chi connectivity index (χ1v) is 9.46. The first kappa shape index (κ1) is 16.9. The molecule has 2 fully saturated rings. The summed E-state index contributed by atoms with van der Waals surface area (Å²) in [6.45, 7) is 4.70. The van der Waals surface area contributed by atoms with Gasteiger partial charge in [-0.15, -0.1) is 0 Å². The van der Waals surface area contributed by atoms with Gasteiger partial charge >= 0.3 is 0 Å². The lowest BCUT2D eigenvalue weighted by molar-refractivity contribution is -0.191. The summed E-state index contributed by atoms with van der Waals surface area (Å²) in [6.07, 6.45) is 0. The van der Waals surface area contributed by atoms with Gasteiger partial charge in [0, 0.05) is 30.1 Å². The number of halogens is 1. The zero-order valence-electron chi connectivity index (χ0n) is 14.8. The quantitative estimate of drug-likeness (QED) is 0.763. The van der Waals surface area contributed by atoms with E-state index >= 15 is 0 Å². The summed E-state index contributed by atoms with van der Waals surface area (Å²) >= 11 is 6.47. The van der Waals surface area contributed by atoms with Crippen molar-refractivity contribution in [2.75, 3.05) is 26.3 Å². The number of hydrogen-bond acceptors (Lipinski definition) is 4. The van der Waals surface area contributed by atoms with Gasteiger partial charge in [0.15, 0.2) is 0 Å². The Morgan fingerprint density at radius 2 is 1.59 bits per heavy atom. The highest BCUT2D eigenvalue weighted by atomic mass is 35.5. The monoisotopic (exact) mass is 382 g/mol. The highest BCUT2D eigenvalue weighted by Gasteiger charge is 2.48. The summed E-state index contributed by atoms with van der Waals surface area (Å²) in [5, 5.41) is 0.589. The molecule has 6 heteroatoms. The number of carbonyl (C=O) groups excluding carboxylic acids is 2. The van der Waals surface area contributed by atoms with Gasteiger partial charge in [-0.1, -0.05) is 35.9 Å². The van der Waals surface area contributed by atoms with E-state index in [1.807, 2.05) is 18.2 Å². The number of fused-ring (bicyclic) bond motifs is 1. The van der Waals surface area contributed by atoms with Gasteiger partial charge in [-0.3, -0.25) is 19.4 Å². The number of imide groups is 1. The summed E-state index contributed by atoms with van der Waals surface area (Å²) in [5.41, 5.74) is 3.19. The third-order valence-electron chi connectivity index (χ3n) is 5.74.